The monoisotopic (exact) mass is 254 g/mol. The third-order valence-electron chi connectivity index (χ3n) is 3.02. The highest BCUT2D eigenvalue weighted by atomic mass is 16.3. The predicted molar refractivity (Wildman–Crippen MR) is 60.1 cm³/mol. The maximum absolute atomic E-state index is 12.1. The van der Waals surface area contributed by atoms with Gasteiger partial charge in [-0.2, -0.15) is 5.10 Å². The first-order chi connectivity index (χ1) is 8.49. The normalized spacial score (nSPS) is 27.7. The topological polar surface area (TPSA) is 125 Å². The quantitative estimate of drug-likeness (QED) is 0.512. The van der Waals surface area contributed by atoms with E-state index in [1.165, 1.54) is 4.90 Å². The minimum absolute atomic E-state index is 0.0550. The second kappa shape index (κ2) is 4.73. The van der Waals surface area contributed by atoms with Gasteiger partial charge in [0, 0.05) is 25.8 Å². The van der Waals surface area contributed by atoms with E-state index in [9.17, 15) is 19.5 Å². The van der Waals surface area contributed by atoms with Crippen molar-refractivity contribution in [2.75, 3.05) is 6.54 Å². The van der Waals surface area contributed by atoms with E-state index < -0.39 is 24.0 Å². The number of primary amides is 1. The molecule has 1 fully saturated rings. The van der Waals surface area contributed by atoms with Crippen molar-refractivity contribution in [2.24, 2.45) is 10.8 Å². The smallest absolute Gasteiger partial charge is 0.270 e. The van der Waals surface area contributed by atoms with Gasteiger partial charge in [-0.3, -0.25) is 14.4 Å². The van der Waals surface area contributed by atoms with Crippen LogP contribution in [0.25, 0.3) is 0 Å². The van der Waals surface area contributed by atoms with E-state index in [2.05, 4.69) is 10.5 Å². The lowest BCUT2D eigenvalue weighted by molar-refractivity contribution is -0.132. The zero-order chi connectivity index (χ0) is 13.3. The number of hydrazone groups is 1. The second-order valence-corrected chi connectivity index (χ2v) is 4.36. The number of nitrogens with two attached hydrogens (primary N) is 1. The summed E-state index contributed by atoms with van der Waals surface area (Å²) >= 11 is 0. The van der Waals surface area contributed by atoms with E-state index in [1.807, 2.05) is 0 Å². The van der Waals surface area contributed by atoms with Crippen LogP contribution in [0.4, 0.5) is 0 Å². The molecule has 2 unspecified atom stereocenters. The number of hydrogen-bond donors (Lipinski definition) is 3. The van der Waals surface area contributed by atoms with Crippen LogP contribution in [-0.4, -0.2) is 52.1 Å². The van der Waals surface area contributed by atoms with Gasteiger partial charge in [-0.1, -0.05) is 0 Å². The number of amides is 3. The lowest BCUT2D eigenvalue weighted by Gasteiger charge is -2.23. The van der Waals surface area contributed by atoms with Crippen molar-refractivity contribution in [1.29, 1.82) is 0 Å². The van der Waals surface area contributed by atoms with Crippen molar-refractivity contribution in [1.82, 2.24) is 10.3 Å². The highest BCUT2D eigenvalue weighted by molar-refractivity contribution is 6.39. The average molecular weight is 254 g/mol. The highest BCUT2D eigenvalue weighted by Gasteiger charge is 2.39. The Balaban J connectivity index is 2.13. The molecule has 2 atom stereocenters. The van der Waals surface area contributed by atoms with Crippen molar-refractivity contribution in [3.63, 3.8) is 0 Å². The van der Waals surface area contributed by atoms with Gasteiger partial charge in [-0.15, -0.1) is 0 Å². The number of rotatable bonds is 2. The van der Waals surface area contributed by atoms with Gasteiger partial charge in [0.15, 0.2) is 0 Å². The minimum atomic E-state index is -0.812. The molecule has 3 amide bonds. The first-order valence-electron chi connectivity index (χ1n) is 5.63. The summed E-state index contributed by atoms with van der Waals surface area (Å²) < 4.78 is 0. The Morgan fingerprint density at radius 3 is 2.72 bits per heavy atom. The van der Waals surface area contributed by atoms with Crippen LogP contribution in [0, 0.1) is 0 Å². The molecular weight excluding hydrogens is 240 g/mol. The molecule has 1 saturated heterocycles. The largest absolute Gasteiger partial charge is 0.391 e. The highest BCUT2D eigenvalue weighted by Crippen LogP contribution is 2.19. The van der Waals surface area contributed by atoms with Crippen LogP contribution >= 0.6 is 0 Å². The molecule has 2 aliphatic heterocycles. The molecule has 18 heavy (non-hydrogen) atoms. The molecule has 0 saturated carbocycles. The summed E-state index contributed by atoms with van der Waals surface area (Å²) in [5.74, 6) is -1.37. The first-order valence-corrected chi connectivity index (χ1v) is 5.63. The molecule has 0 spiro atoms. The Morgan fingerprint density at radius 1 is 1.44 bits per heavy atom. The third-order valence-corrected chi connectivity index (χ3v) is 3.02. The van der Waals surface area contributed by atoms with Crippen molar-refractivity contribution in [2.45, 2.75) is 31.4 Å². The van der Waals surface area contributed by atoms with Gasteiger partial charge in [-0.05, 0) is 0 Å². The summed E-state index contributed by atoms with van der Waals surface area (Å²) in [7, 11) is 0. The van der Waals surface area contributed by atoms with Gasteiger partial charge >= 0.3 is 0 Å². The molecule has 0 radical (unpaired) electrons. The van der Waals surface area contributed by atoms with E-state index >= 15 is 0 Å². The summed E-state index contributed by atoms with van der Waals surface area (Å²) in [5, 5.41) is 13.2. The van der Waals surface area contributed by atoms with Crippen molar-refractivity contribution >= 4 is 23.4 Å². The predicted octanol–water partition coefficient (Wildman–Crippen LogP) is -2.30. The molecule has 0 aromatic heterocycles. The lowest BCUT2D eigenvalue weighted by atomic mass is 10.1. The molecule has 0 aromatic rings. The summed E-state index contributed by atoms with van der Waals surface area (Å²) in [6.45, 7) is 0.0550. The lowest BCUT2D eigenvalue weighted by Crippen LogP contribution is -2.47. The number of aliphatic hydroxyl groups excluding tert-OH is 1. The molecule has 8 heteroatoms. The van der Waals surface area contributed by atoms with Gasteiger partial charge in [0.2, 0.25) is 11.8 Å². The zero-order valence-corrected chi connectivity index (χ0v) is 9.63. The number of nitrogens with zero attached hydrogens (tertiary/aromatic N) is 2. The second-order valence-electron chi connectivity index (χ2n) is 4.36. The van der Waals surface area contributed by atoms with Gasteiger partial charge in [-0.25, -0.2) is 5.43 Å². The number of carbonyl (C=O) groups is 3. The van der Waals surface area contributed by atoms with Crippen LogP contribution in [0.1, 0.15) is 19.3 Å². The van der Waals surface area contributed by atoms with E-state index in [0.717, 1.165) is 0 Å². The molecule has 0 aliphatic carbocycles. The van der Waals surface area contributed by atoms with E-state index in [-0.39, 0.29) is 37.4 Å². The summed E-state index contributed by atoms with van der Waals surface area (Å²) in [6.07, 6.45) is -0.212. The summed E-state index contributed by atoms with van der Waals surface area (Å²) in [4.78, 5) is 35.4. The van der Waals surface area contributed by atoms with Gasteiger partial charge in [0.05, 0.1) is 6.10 Å². The summed E-state index contributed by atoms with van der Waals surface area (Å²) in [6, 6.07) is -0.812. The number of hydrogen-bond acceptors (Lipinski definition) is 5. The Hall–Kier alpha value is -1.96. The van der Waals surface area contributed by atoms with Gasteiger partial charge < -0.3 is 15.7 Å². The Morgan fingerprint density at radius 2 is 2.17 bits per heavy atom. The first kappa shape index (κ1) is 12.5. The fraction of sp³-hybridized carbons (Fsp3) is 0.600. The number of likely N-dealkylation sites (tertiary alicyclic amines) is 1. The van der Waals surface area contributed by atoms with Crippen LogP contribution in [0.2, 0.25) is 0 Å². The molecule has 0 bridgehead atoms. The van der Waals surface area contributed by atoms with Crippen LogP contribution < -0.4 is 11.2 Å². The van der Waals surface area contributed by atoms with Crippen molar-refractivity contribution < 1.29 is 19.5 Å². The fourth-order valence-corrected chi connectivity index (χ4v) is 2.10. The Labute approximate surface area is 103 Å². The number of carbonyl (C=O) groups excluding carboxylic acids is 3. The number of aliphatic hydroxyl groups is 1. The molecule has 2 rings (SSSR count). The Kier molecular flexibility index (Phi) is 3.28. The van der Waals surface area contributed by atoms with Crippen LogP contribution in [0.3, 0.4) is 0 Å². The van der Waals surface area contributed by atoms with Crippen LogP contribution in [0.15, 0.2) is 5.10 Å². The van der Waals surface area contributed by atoms with Crippen molar-refractivity contribution in [3.8, 4) is 0 Å². The van der Waals surface area contributed by atoms with Crippen molar-refractivity contribution in [3.05, 3.63) is 0 Å². The maximum Gasteiger partial charge on any atom is 0.270 e. The minimum Gasteiger partial charge on any atom is -0.391 e. The molecule has 2 heterocycles. The molecule has 0 aromatic carbocycles. The van der Waals surface area contributed by atoms with E-state index in [1.54, 1.807) is 0 Å². The molecular formula is C10H14N4O4. The average Bonchev–Trinajstić information content (AvgIpc) is 2.71. The SMILES string of the molecule is NC(=O)C1CC(O)CN1C(=O)C1=NNC(=O)CC1. The van der Waals surface area contributed by atoms with E-state index in [0.29, 0.717) is 0 Å². The summed E-state index contributed by atoms with van der Waals surface area (Å²) in [5.41, 5.74) is 7.58. The standard InChI is InChI=1S/C10H14N4O4/c11-9(17)7-3-5(15)4-14(7)10(18)6-1-2-8(16)13-12-6/h5,7,15H,1-4H2,(H2,11,17)(H,13,16). The molecule has 2 aliphatic rings. The fourth-order valence-electron chi connectivity index (χ4n) is 2.10. The maximum atomic E-state index is 12.1. The van der Waals surface area contributed by atoms with E-state index in [4.69, 9.17) is 5.73 Å². The van der Waals surface area contributed by atoms with Gasteiger partial charge in [0.1, 0.15) is 11.8 Å². The van der Waals surface area contributed by atoms with Crippen LogP contribution in [0.5, 0.6) is 0 Å². The van der Waals surface area contributed by atoms with Gasteiger partial charge in [0.25, 0.3) is 5.91 Å². The molecule has 8 nitrogen and oxygen atoms in total. The zero-order valence-electron chi connectivity index (χ0n) is 9.63. The molecule has 98 valence electrons. The number of nitrogens with one attached hydrogen (secondary N) is 1. The number of β-amino-alcohol motifs (C(OH)–C–C–N with tert-alkyl or cyclic N) is 1. The Bertz CT molecular complexity index is 434. The third kappa shape index (κ3) is 2.33. The molecule has 4 N–H and O–H groups in total. The van der Waals surface area contributed by atoms with Crippen LogP contribution in [-0.2, 0) is 14.4 Å².